The number of carbonyl (C=O) groups excluding carboxylic acids is 1. The average molecular weight is 359 g/mol. The highest BCUT2D eigenvalue weighted by molar-refractivity contribution is 6.30. The van der Waals surface area contributed by atoms with Crippen LogP contribution in [0.15, 0.2) is 52.9 Å². The molecule has 0 aliphatic heterocycles. The number of carbonyl (C=O) groups is 1. The fourth-order valence-electron chi connectivity index (χ4n) is 2.12. The van der Waals surface area contributed by atoms with Crippen molar-refractivity contribution in [3.63, 3.8) is 0 Å². The van der Waals surface area contributed by atoms with E-state index >= 15 is 0 Å². The fourth-order valence-corrected chi connectivity index (χ4v) is 2.25. The molecule has 1 aromatic heterocycles. The summed E-state index contributed by atoms with van der Waals surface area (Å²) in [5, 5.41) is 8.43. The van der Waals surface area contributed by atoms with E-state index in [0.717, 1.165) is 16.9 Å². The Bertz CT molecular complexity index is 844. The van der Waals surface area contributed by atoms with Crippen LogP contribution >= 0.6 is 11.6 Å². The molecule has 3 aromatic rings. The number of rotatable bonds is 6. The molecule has 3 rings (SSSR count). The number of aromatic nitrogens is 2. The zero-order valence-corrected chi connectivity index (χ0v) is 14.2. The minimum absolute atomic E-state index is 0.0738. The molecule has 0 amide bonds. The third-order valence-electron chi connectivity index (χ3n) is 3.42. The Hall–Kier alpha value is -2.86. The second-order valence-electron chi connectivity index (χ2n) is 5.19. The Balaban J connectivity index is 1.54. The third kappa shape index (κ3) is 4.58. The highest BCUT2D eigenvalue weighted by Gasteiger charge is 2.11. The Labute approximate surface area is 149 Å². The Morgan fingerprint density at radius 3 is 2.48 bits per heavy atom. The van der Waals surface area contributed by atoms with Crippen LogP contribution in [-0.4, -0.2) is 23.3 Å². The molecule has 0 unspecified atom stereocenters. The number of hydrogen-bond acceptors (Lipinski definition) is 6. The predicted molar refractivity (Wildman–Crippen MR) is 91.2 cm³/mol. The molecule has 128 valence electrons. The van der Waals surface area contributed by atoms with Crippen LogP contribution in [0.1, 0.15) is 11.5 Å². The summed E-state index contributed by atoms with van der Waals surface area (Å²) >= 11 is 5.84. The number of benzene rings is 2. The van der Waals surface area contributed by atoms with Crippen LogP contribution in [-0.2, 0) is 22.6 Å². The molecule has 6 nitrogen and oxygen atoms in total. The summed E-state index contributed by atoms with van der Waals surface area (Å²) in [5.41, 5.74) is 1.57. The Morgan fingerprint density at radius 1 is 1.08 bits per heavy atom. The molecule has 25 heavy (non-hydrogen) atoms. The maximum absolute atomic E-state index is 11.9. The average Bonchev–Trinajstić information content (AvgIpc) is 3.10. The van der Waals surface area contributed by atoms with Crippen molar-refractivity contribution in [2.45, 2.75) is 13.0 Å². The molecule has 0 bridgehead atoms. The monoisotopic (exact) mass is 358 g/mol. The van der Waals surface area contributed by atoms with E-state index in [1.807, 2.05) is 12.1 Å². The van der Waals surface area contributed by atoms with Gasteiger partial charge in [0.1, 0.15) is 5.75 Å². The largest absolute Gasteiger partial charge is 0.497 e. The van der Waals surface area contributed by atoms with Crippen LogP contribution in [0.3, 0.4) is 0 Å². The summed E-state index contributed by atoms with van der Waals surface area (Å²) in [7, 11) is 1.59. The predicted octanol–water partition coefficient (Wildman–Crippen LogP) is 3.68. The first-order valence-electron chi connectivity index (χ1n) is 7.51. The third-order valence-corrected chi connectivity index (χ3v) is 3.67. The van der Waals surface area contributed by atoms with E-state index in [2.05, 4.69) is 10.2 Å². The van der Waals surface area contributed by atoms with Gasteiger partial charge in [-0.3, -0.25) is 4.79 Å². The van der Waals surface area contributed by atoms with Gasteiger partial charge >= 0.3 is 5.97 Å². The maximum Gasteiger partial charge on any atom is 0.310 e. The van der Waals surface area contributed by atoms with Crippen molar-refractivity contribution < 1.29 is 18.7 Å². The van der Waals surface area contributed by atoms with Crippen molar-refractivity contribution in [3.05, 3.63) is 65.0 Å². The van der Waals surface area contributed by atoms with Crippen LogP contribution in [0.5, 0.6) is 5.75 Å². The SMILES string of the molecule is COc1ccc(CC(=O)OCc2nnc(-c3ccc(Cl)cc3)o2)cc1. The molecular weight excluding hydrogens is 344 g/mol. The number of esters is 1. The van der Waals surface area contributed by atoms with Gasteiger partial charge in [-0.05, 0) is 42.0 Å². The second kappa shape index (κ2) is 7.81. The van der Waals surface area contributed by atoms with Crippen LogP contribution in [0.4, 0.5) is 0 Å². The summed E-state index contributed by atoms with van der Waals surface area (Å²) in [6, 6.07) is 14.2. The van der Waals surface area contributed by atoms with Crippen molar-refractivity contribution in [3.8, 4) is 17.2 Å². The van der Waals surface area contributed by atoms with Gasteiger partial charge < -0.3 is 13.9 Å². The van der Waals surface area contributed by atoms with Gasteiger partial charge in [0.2, 0.25) is 5.89 Å². The molecule has 0 saturated carbocycles. The molecule has 0 aliphatic carbocycles. The zero-order chi connectivity index (χ0) is 17.6. The smallest absolute Gasteiger partial charge is 0.310 e. The van der Waals surface area contributed by atoms with Gasteiger partial charge in [-0.2, -0.15) is 0 Å². The first-order valence-corrected chi connectivity index (χ1v) is 7.89. The van der Waals surface area contributed by atoms with Gasteiger partial charge in [-0.15, -0.1) is 10.2 Å². The molecule has 1 heterocycles. The molecule has 0 spiro atoms. The summed E-state index contributed by atoms with van der Waals surface area (Å²) in [5.74, 6) is 0.931. The lowest BCUT2D eigenvalue weighted by Crippen LogP contribution is -2.08. The molecule has 0 saturated heterocycles. The van der Waals surface area contributed by atoms with Crippen molar-refractivity contribution in [2.75, 3.05) is 7.11 Å². The highest BCUT2D eigenvalue weighted by Crippen LogP contribution is 2.20. The lowest BCUT2D eigenvalue weighted by Gasteiger charge is -2.04. The fraction of sp³-hybridized carbons (Fsp3) is 0.167. The van der Waals surface area contributed by atoms with Crippen molar-refractivity contribution in [1.82, 2.24) is 10.2 Å². The van der Waals surface area contributed by atoms with Gasteiger partial charge in [0.05, 0.1) is 13.5 Å². The van der Waals surface area contributed by atoms with Crippen LogP contribution in [0, 0.1) is 0 Å². The Kier molecular flexibility index (Phi) is 5.30. The van der Waals surface area contributed by atoms with E-state index < -0.39 is 0 Å². The van der Waals surface area contributed by atoms with Gasteiger partial charge in [0, 0.05) is 10.6 Å². The molecule has 0 radical (unpaired) electrons. The molecule has 0 atom stereocenters. The van der Waals surface area contributed by atoms with Crippen molar-refractivity contribution in [1.29, 1.82) is 0 Å². The van der Waals surface area contributed by atoms with E-state index in [0.29, 0.717) is 10.9 Å². The van der Waals surface area contributed by atoms with E-state index in [9.17, 15) is 4.79 Å². The van der Waals surface area contributed by atoms with Crippen molar-refractivity contribution >= 4 is 17.6 Å². The molecule has 2 aromatic carbocycles. The van der Waals surface area contributed by atoms with Gasteiger partial charge in [0.25, 0.3) is 5.89 Å². The standard InChI is InChI=1S/C18H15ClN2O4/c1-23-15-8-2-12(3-9-15)10-17(22)24-11-16-20-21-18(25-16)13-4-6-14(19)7-5-13/h2-9H,10-11H2,1H3. The van der Waals surface area contributed by atoms with Crippen LogP contribution < -0.4 is 4.74 Å². The number of nitrogens with zero attached hydrogens (tertiary/aromatic N) is 2. The maximum atomic E-state index is 11.9. The zero-order valence-electron chi connectivity index (χ0n) is 13.4. The van der Waals surface area contributed by atoms with E-state index in [-0.39, 0.29) is 24.9 Å². The summed E-state index contributed by atoms with van der Waals surface area (Å²) in [6.45, 7) is -0.0738. The topological polar surface area (TPSA) is 74.5 Å². The molecular formula is C18H15ClN2O4. The summed E-state index contributed by atoms with van der Waals surface area (Å²) in [4.78, 5) is 11.9. The molecule has 0 aliphatic rings. The quantitative estimate of drug-likeness (QED) is 0.626. The Morgan fingerprint density at radius 2 is 1.80 bits per heavy atom. The van der Waals surface area contributed by atoms with Crippen LogP contribution in [0.2, 0.25) is 5.02 Å². The van der Waals surface area contributed by atoms with Crippen LogP contribution in [0.25, 0.3) is 11.5 Å². The van der Waals surface area contributed by atoms with Gasteiger partial charge in [-0.1, -0.05) is 23.7 Å². The second-order valence-corrected chi connectivity index (χ2v) is 5.63. The molecule has 0 N–H and O–H groups in total. The number of methoxy groups -OCH3 is 1. The highest BCUT2D eigenvalue weighted by atomic mass is 35.5. The minimum atomic E-state index is -0.378. The van der Waals surface area contributed by atoms with Gasteiger partial charge in [-0.25, -0.2) is 0 Å². The first-order chi connectivity index (χ1) is 12.1. The summed E-state index contributed by atoms with van der Waals surface area (Å²) in [6.07, 6.45) is 0.155. The lowest BCUT2D eigenvalue weighted by molar-refractivity contribution is -0.144. The number of halogens is 1. The lowest BCUT2D eigenvalue weighted by atomic mass is 10.1. The molecule has 7 heteroatoms. The molecule has 0 fully saturated rings. The van der Waals surface area contributed by atoms with Gasteiger partial charge in [0.15, 0.2) is 6.61 Å². The number of ether oxygens (including phenoxy) is 2. The normalized spacial score (nSPS) is 10.5. The number of hydrogen-bond donors (Lipinski definition) is 0. The van der Waals surface area contributed by atoms with E-state index in [4.69, 9.17) is 25.5 Å². The summed E-state index contributed by atoms with van der Waals surface area (Å²) < 4.78 is 15.7. The minimum Gasteiger partial charge on any atom is -0.497 e. The van der Waals surface area contributed by atoms with E-state index in [1.165, 1.54) is 0 Å². The first kappa shape index (κ1) is 17.0. The van der Waals surface area contributed by atoms with Crippen molar-refractivity contribution in [2.24, 2.45) is 0 Å². The van der Waals surface area contributed by atoms with E-state index in [1.54, 1.807) is 43.5 Å².